The highest BCUT2D eigenvalue weighted by Gasteiger charge is 2.30. The van der Waals surface area contributed by atoms with E-state index in [-0.39, 0.29) is 5.60 Å². The maximum Gasteiger partial charge on any atom is 0.176 e. The maximum absolute atomic E-state index is 5.92. The minimum Gasteiger partial charge on any atom is -0.487 e. The van der Waals surface area contributed by atoms with Crippen LogP contribution in [-0.2, 0) is 13.5 Å². The first-order valence-corrected chi connectivity index (χ1v) is 7.15. The van der Waals surface area contributed by atoms with Gasteiger partial charge in [-0.15, -0.1) is 0 Å². The number of benzene rings is 1. The molecule has 5 nitrogen and oxygen atoms in total. The van der Waals surface area contributed by atoms with Crippen LogP contribution in [-0.4, -0.2) is 25.3 Å². The number of ether oxygens (including phenoxy) is 1. The van der Waals surface area contributed by atoms with Gasteiger partial charge in [0.1, 0.15) is 22.7 Å². The topological polar surface area (TPSA) is 55.7 Å². The first kappa shape index (κ1) is 12.4. The quantitative estimate of drug-likeness (QED) is 0.746. The van der Waals surface area contributed by atoms with Gasteiger partial charge in [0.2, 0.25) is 0 Å². The largest absolute Gasteiger partial charge is 0.487 e. The SMILES string of the molecule is Cc1nn(C)c2nc(-c3ccc4c(c3)CC(C)(C)O4)[nH]c12. The van der Waals surface area contributed by atoms with Gasteiger partial charge in [0.25, 0.3) is 0 Å². The molecule has 0 fully saturated rings. The van der Waals surface area contributed by atoms with Crippen LogP contribution in [0.5, 0.6) is 5.75 Å². The fourth-order valence-electron chi connectivity index (χ4n) is 3.07. The second-order valence-electron chi connectivity index (χ2n) is 6.35. The Morgan fingerprint density at radius 3 is 2.90 bits per heavy atom. The van der Waals surface area contributed by atoms with Crippen LogP contribution in [0.15, 0.2) is 18.2 Å². The van der Waals surface area contributed by atoms with Crippen molar-refractivity contribution in [2.24, 2.45) is 7.05 Å². The fraction of sp³-hybridized carbons (Fsp3) is 0.375. The van der Waals surface area contributed by atoms with Crippen molar-refractivity contribution in [2.45, 2.75) is 32.8 Å². The van der Waals surface area contributed by atoms with E-state index in [1.54, 1.807) is 0 Å². The molecular weight excluding hydrogens is 264 g/mol. The minimum atomic E-state index is -0.116. The molecule has 0 unspecified atom stereocenters. The molecule has 0 spiro atoms. The molecule has 1 aromatic carbocycles. The lowest BCUT2D eigenvalue weighted by Gasteiger charge is -2.16. The van der Waals surface area contributed by atoms with E-state index in [2.05, 4.69) is 41.0 Å². The summed E-state index contributed by atoms with van der Waals surface area (Å²) in [5.41, 5.74) is 5.08. The number of hydrogen-bond acceptors (Lipinski definition) is 3. The molecule has 3 heterocycles. The summed E-state index contributed by atoms with van der Waals surface area (Å²) >= 11 is 0. The van der Waals surface area contributed by atoms with E-state index in [1.807, 2.05) is 24.7 Å². The molecule has 1 N–H and O–H groups in total. The lowest BCUT2D eigenvalue weighted by molar-refractivity contribution is 0.138. The molecule has 1 aliphatic heterocycles. The second kappa shape index (κ2) is 3.87. The monoisotopic (exact) mass is 282 g/mol. The number of aromatic amines is 1. The van der Waals surface area contributed by atoms with Crippen molar-refractivity contribution in [3.05, 3.63) is 29.5 Å². The summed E-state index contributed by atoms with van der Waals surface area (Å²) in [6.07, 6.45) is 0.928. The van der Waals surface area contributed by atoms with E-state index >= 15 is 0 Å². The molecule has 0 saturated carbocycles. The zero-order valence-electron chi connectivity index (χ0n) is 12.7. The molecule has 108 valence electrons. The molecule has 0 bridgehead atoms. The minimum absolute atomic E-state index is 0.116. The Hall–Kier alpha value is -2.30. The number of H-pyrrole nitrogens is 1. The Kier molecular flexibility index (Phi) is 2.29. The van der Waals surface area contributed by atoms with Crippen molar-refractivity contribution in [3.63, 3.8) is 0 Å². The van der Waals surface area contributed by atoms with Gasteiger partial charge in [-0.25, -0.2) is 9.67 Å². The Balaban J connectivity index is 1.81. The third kappa shape index (κ3) is 1.84. The second-order valence-corrected chi connectivity index (χ2v) is 6.35. The molecular formula is C16H18N4O. The van der Waals surface area contributed by atoms with Crippen LogP contribution in [0.2, 0.25) is 0 Å². The molecule has 0 aliphatic carbocycles. The average Bonchev–Trinajstić information content (AvgIpc) is 3.02. The van der Waals surface area contributed by atoms with Gasteiger partial charge in [0.05, 0.1) is 5.69 Å². The molecule has 1 aliphatic rings. The van der Waals surface area contributed by atoms with Gasteiger partial charge in [0.15, 0.2) is 5.65 Å². The van der Waals surface area contributed by atoms with Crippen LogP contribution < -0.4 is 4.74 Å². The summed E-state index contributed by atoms with van der Waals surface area (Å²) < 4.78 is 7.73. The van der Waals surface area contributed by atoms with E-state index in [1.165, 1.54) is 5.56 Å². The lowest BCUT2D eigenvalue weighted by Crippen LogP contribution is -2.24. The summed E-state index contributed by atoms with van der Waals surface area (Å²) in [4.78, 5) is 8.05. The van der Waals surface area contributed by atoms with Crippen molar-refractivity contribution < 1.29 is 4.74 Å². The van der Waals surface area contributed by atoms with Crippen molar-refractivity contribution in [3.8, 4) is 17.1 Å². The van der Waals surface area contributed by atoms with Gasteiger partial charge < -0.3 is 9.72 Å². The Labute approximate surface area is 123 Å². The summed E-state index contributed by atoms with van der Waals surface area (Å²) in [6.45, 7) is 6.22. The molecule has 0 radical (unpaired) electrons. The van der Waals surface area contributed by atoms with Crippen LogP contribution in [0.3, 0.4) is 0 Å². The summed E-state index contributed by atoms with van der Waals surface area (Å²) in [5.74, 6) is 1.87. The summed E-state index contributed by atoms with van der Waals surface area (Å²) in [6, 6.07) is 6.27. The normalized spacial score (nSPS) is 16.2. The van der Waals surface area contributed by atoms with Crippen molar-refractivity contribution in [1.82, 2.24) is 19.7 Å². The molecule has 21 heavy (non-hydrogen) atoms. The number of fused-ring (bicyclic) bond motifs is 2. The van der Waals surface area contributed by atoms with E-state index in [4.69, 9.17) is 4.74 Å². The Bertz CT molecular complexity index is 822. The molecule has 2 aromatic heterocycles. The zero-order chi connectivity index (χ0) is 14.8. The van der Waals surface area contributed by atoms with Crippen LogP contribution in [0, 0.1) is 6.92 Å². The van der Waals surface area contributed by atoms with Gasteiger partial charge in [-0.1, -0.05) is 0 Å². The van der Waals surface area contributed by atoms with Crippen molar-refractivity contribution in [1.29, 1.82) is 0 Å². The van der Waals surface area contributed by atoms with Gasteiger partial charge in [0, 0.05) is 19.0 Å². The number of hydrogen-bond donors (Lipinski definition) is 1. The van der Waals surface area contributed by atoms with Crippen LogP contribution >= 0.6 is 0 Å². The molecule has 3 aromatic rings. The first-order chi connectivity index (χ1) is 9.93. The van der Waals surface area contributed by atoms with Crippen molar-refractivity contribution >= 4 is 11.2 Å². The highest BCUT2D eigenvalue weighted by atomic mass is 16.5. The van der Waals surface area contributed by atoms with Crippen LogP contribution in [0.1, 0.15) is 25.1 Å². The van der Waals surface area contributed by atoms with E-state index in [0.717, 1.165) is 40.4 Å². The predicted molar refractivity (Wildman–Crippen MR) is 81.4 cm³/mol. The first-order valence-electron chi connectivity index (χ1n) is 7.15. The molecule has 0 saturated heterocycles. The van der Waals surface area contributed by atoms with Gasteiger partial charge in [-0.05, 0) is 44.5 Å². The number of aryl methyl sites for hydroxylation is 2. The maximum atomic E-state index is 5.92. The van der Waals surface area contributed by atoms with Gasteiger partial charge in [-0.3, -0.25) is 0 Å². The zero-order valence-corrected chi connectivity index (χ0v) is 12.7. The Morgan fingerprint density at radius 2 is 2.14 bits per heavy atom. The average molecular weight is 282 g/mol. The van der Waals surface area contributed by atoms with E-state index < -0.39 is 0 Å². The number of aromatic nitrogens is 4. The van der Waals surface area contributed by atoms with E-state index in [9.17, 15) is 0 Å². The van der Waals surface area contributed by atoms with Crippen LogP contribution in [0.4, 0.5) is 0 Å². The van der Waals surface area contributed by atoms with E-state index in [0.29, 0.717) is 0 Å². The number of nitrogens with one attached hydrogen (secondary N) is 1. The smallest absolute Gasteiger partial charge is 0.176 e. The third-order valence-electron chi connectivity index (χ3n) is 3.99. The highest BCUT2D eigenvalue weighted by molar-refractivity contribution is 5.79. The van der Waals surface area contributed by atoms with Crippen LogP contribution in [0.25, 0.3) is 22.6 Å². The highest BCUT2D eigenvalue weighted by Crippen LogP contribution is 2.37. The summed E-state index contributed by atoms with van der Waals surface area (Å²) in [5, 5.41) is 4.36. The predicted octanol–water partition coefficient (Wildman–Crippen LogP) is 2.99. The molecule has 0 atom stereocenters. The van der Waals surface area contributed by atoms with Gasteiger partial charge >= 0.3 is 0 Å². The number of nitrogens with zero attached hydrogens (tertiary/aromatic N) is 3. The number of imidazole rings is 1. The molecule has 5 heteroatoms. The fourth-order valence-corrected chi connectivity index (χ4v) is 3.07. The molecule has 0 amide bonds. The third-order valence-corrected chi connectivity index (χ3v) is 3.99. The number of rotatable bonds is 1. The lowest BCUT2D eigenvalue weighted by atomic mass is 10.00. The standard InChI is InChI=1S/C16H18N4O/c1-9-13-15(20(4)19-9)18-14(17-13)10-5-6-12-11(7-10)8-16(2,3)21-12/h5-7H,8H2,1-4H3,(H,17,18). The van der Waals surface area contributed by atoms with Gasteiger partial charge in [-0.2, -0.15) is 5.10 Å². The Morgan fingerprint density at radius 1 is 1.33 bits per heavy atom. The summed E-state index contributed by atoms with van der Waals surface area (Å²) in [7, 11) is 1.92. The van der Waals surface area contributed by atoms with Crippen molar-refractivity contribution in [2.75, 3.05) is 0 Å². The molecule has 4 rings (SSSR count).